The highest BCUT2D eigenvalue weighted by molar-refractivity contribution is 14.0. The van der Waals surface area contributed by atoms with Gasteiger partial charge in [0.15, 0.2) is 17.5 Å². The number of halogens is 1. The first kappa shape index (κ1) is 24.1. The van der Waals surface area contributed by atoms with Crippen molar-refractivity contribution in [2.75, 3.05) is 34.4 Å². The number of hydrogen-bond acceptors (Lipinski definition) is 3. The van der Waals surface area contributed by atoms with Crippen LogP contribution in [-0.4, -0.2) is 49.8 Å². The Morgan fingerprint density at radius 2 is 2.04 bits per heavy atom. The summed E-state index contributed by atoms with van der Waals surface area (Å²) >= 11 is 0. The van der Waals surface area contributed by atoms with Crippen LogP contribution in [0.2, 0.25) is 0 Å². The number of rotatable bonds is 9. The maximum absolute atomic E-state index is 5.65. The van der Waals surface area contributed by atoms with Crippen molar-refractivity contribution in [1.82, 2.24) is 14.8 Å². The molecule has 0 radical (unpaired) electrons. The van der Waals surface area contributed by atoms with Crippen molar-refractivity contribution in [3.63, 3.8) is 0 Å². The second-order valence-corrected chi connectivity index (χ2v) is 6.46. The van der Waals surface area contributed by atoms with Crippen molar-refractivity contribution < 1.29 is 9.47 Å². The number of benzene rings is 1. The molecule has 2 rings (SSSR count). The minimum atomic E-state index is 0. The maximum atomic E-state index is 5.65. The van der Waals surface area contributed by atoms with Crippen molar-refractivity contribution in [2.24, 2.45) is 12.0 Å². The van der Waals surface area contributed by atoms with E-state index in [2.05, 4.69) is 64.3 Å². The molecule has 1 heterocycles. The van der Waals surface area contributed by atoms with Gasteiger partial charge in [0.25, 0.3) is 0 Å². The van der Waals surface area contributed by atoms with E-state index in [1.165, 1.54) is 11.3 Å². The highest BCUT2D eigenvalue weighted by Gasteiger charge is 2.09. The molecule has 0 saturated heterocycles. The smallest absolute Gasteiger partial charge is 0.193 e. The van der Waals surface area contributed by atoms with Crippen LogP contribution in [0, 0.1) is 0 Å². The summed E-state index contributed by atoms with van der Waals surface area (Å²) in [7, 11) is 7.60. The van der Waals surface area contributed by atoms with Crippen molar-refractivity contribution in [1.29, 1.82) is 0 Å². The Kier molecular flexibility index (Phi) is 10.8. The molecule has 0 spiro atoms. The van der Waals surface area contributed by atoms with Gasteiger partial charge in [-0.3, -0.25) is 4.99 Å². The fraction of sp³-hybridized carbons (Fsp3) is 0.476. The summed E-state index contributed by atoms with van der Waals surface area (Å²) in [6.45, 7) is 4.29. The molecular formula is C21H33IN4O2. The fourth-order valence-corrected chi connectivity index (χ4v) is 3.00. The van der Waals surface area contributed by atoms with Gasteiger partial charge in [0, 0.05) is 39.6 Å². The molecule has 0 amide bonds. The standard InChI is InChI=1S/C21H32N4O2.HI/c1-6-27-20-15-17(11-12-19(20)26-5)9-7-13-23-21(22-2)25(4)16-18-10-8-14-24(18)3;/h8,10-12,14-15H,6-7,9,13,16H2,1-5H3,(H,22,23);1H. The molecule has 1 aromatic carbocycles. The number of methoxy groups -OCH3 is 1. The van der Waals surface area contributed by atoms with Gasteiger partial charge in [0.2, 0.25) is 0 Å². The second kappa shape index (κ2) is 12.5. The van der Waals surface area contributed by atoms with Gasteiger partial charge >= 0.3 is 0 Å². The zero-order chi connectivity index (χ0) is 19.6. The van der Waals surface area contributed by atoms with E-state index in [1.807, 2.05) is 20.0 Å². The van der Waals surface area contributed by atoms with Gasteiger partial charge in [0.1, 0.15) is 0 Å². The fourth-order valence-electron chi connectivity index (χ4n) is 3.00. The Morgan fingerprint density at radius 1 is 1.25 bits per heavy atom. The van der Waals surface area contributed by atoms with Gasteiger partial charge in [-0.25, -0.2) is 0 Å². The minimum absolute atomic E-state index is 0. The van der Waals surface area contributed by atoms with E-state index < -0.39 is 0 Å². The molecular weight excluding hydrogens is 467 g/mol. The Hall–Kier alpha value is -1.90. The normalized spacial score (nSPS) is 11.0. The first-order chi connectivity index (χ1) is 13.1. The molecule has 156 valence electrons. The molecule has 0 fully saturated rings. The molecule has 6 nitrogen and oxygen atoms in total. The van der Waals surface area contributed by atoms with Crippen LogP contribution in [0.15, 0.2) is 41.5 Å². The van der Waals surface area contributed by atoms with E-state index in [9.17, 15) is 0 Å². The first-order valence-electron chi connectivity index (χ1n) is 9.40. The molecule has 1 N–H and O–H groups in total. The number of ether oxygens (including phenoxy) is 2. The lowest BCUT2D eigenvalue weighted by Crippen LogP contribution is -2.39. The van der Waals surface area contributed by atoms with Crippen molar-refractivity contribution in [3.8, 4) is 11.5 Å². The zero-order valence-electron chi connectivity index (χ0n) is 17.6. The third-order valence-corrected chi connectivity index (χ3v) is 4.48. The van der Waals surface area contributed by atoms with E-state index >= 15 is 0 Å². The predicted molar refractivity (Wildman–Crippen MR) is 126 cm³/mol. The minimum Gasteiger partial charge on any atom is -0.493 e. The summed E-state index contributed by atoms with van der Waals surface area (Å²) < 4.78 is 13.1. The van der Waals surface area contributed by atoms with E-state index in [0.717, 1.165) is 43.4 Å². The molecule has 0 atom stereocenters. The van der Waals surface area contributed by atoms with Crippen LogP contribution in [-0.2, 0) is 20.0 Å². The molecule has 0 unspecified atom stereocenters. The SMILES string of the molecule is CCOc1cc(CCCNC(=NC)N(C)Cc2cccn2C)ccc1OC.I. The lowest BCUT2D eigenvalue weighted by Gasteiger charge is -2.22. The quantitative estimate of drug-likeness (QED) is 0.247. The predicted octanol–water partition coefficient (Wildman–Crippen LogP) is 3.69. The van der Waals surface area contributed by atoms with E-state index in [0.29, 0.717) is 6.61 Å². The summed E-state index contributed by atoms with van der Waals surface area (Å²) in [5.41, 5.74) is 2.50. The number of aliphatic imine (C=N–C) groups is 1. The van der Waals surface area contributed by atoms with Crippen molar-refractivity contribution >= 4 is 29.9 Å². The molecule has 0 aliphatic rings. The average Bonchev–Trinajstić information content (AvgIpc) is 3.06. The summed E-state index contributed by atoms with van der Waals surface area (Å²) in [6.07, 6.45) is 4.04. The number of nitrogens with one attached hydrogen (secondary N) is 1. The lowest BCUT2D eigenvalue weighted by molar-refractivity contribution is 0.310. The van der Waals surface area contributed by atoms with Crippen LogP contribution in [0.5, 0.6) is 11.5 Å². The van der Waals surface area contributed by atoms with Gasteiger partial charge in [-0.1, -0.05) is 6.07 Å². The van der Waals surface area contributed by atoms with Crippen LogP contribution < -0.4 is 14.8 Å². The van der Waals surface area contributed by atoms with Gasteiger partial charge in [-0.05, 0) is 49.6 Å². The van der Waals surface area contributed by atoms with Crippen LogP contribution in [0.4, 0.5) is 0 Å². The molecule has 0 aliphatic heterocycles. The molecule has 0 aliphatic carbocycles. The number of aryl methyl sites for hydroxylation is 2. The monoisotopic (exact) mass is 500 g/mol. The lowest BCUT2D eigenvalue weighted by atomic mass is 10.1. The number of hydrogen-bond donors (Lipinski definition) is 1. The third-order valence-electron chi connectivity index (χ3n) is 4.48. The number of guanidine groups is 1. The topological polar surface area (TPSA) is 51.0 Å². The van der Waals surface area contributed by atoms with Crippen LogP contribution in [0.3, 0.4) is 0 Å². The number of nitrogens with zero attached hydrogens (tertiary/aromatic N) is 3. The van der Waals surface area contributed by atoms with Crippen LogP contribution >= 0.6 is 24.0 Å². The van der Waals surface area contributed by atoms with Gasteiger partial charge < -0.3 is 24.3 Å². The van der Waals surface area contributed by atoms with E-state index in [4.69, 9.17) is 9.47 Å². The zero-order valence-corrected chi connectivity index (χ0v) is 19.9. The van der Waals surface area contributed by atoms with Gasteiger partial charge in [0.05, 0.1) is 20.3 Å². The van der Waals surface area contributed by atoms with E-state index in [1.54, 1.807) is 7.11 Å². The Morgan fingerprint density at radius 3 is 2.64 bits per heavy atom. The Balaban J connectivity index is 0.00000392. The van der Waals surface area contributed by atoms with Gasteiger partial charge in [-0.2, -0.15) is 0 Å². The molecule has 0 bridgehead atoms. The average molecular weight is 500 g/mol. The third kappa shape index (κ3) is 6.92. The molecule has 28 heavy (non-hydrogen) atoms. The molecule has 7 heteroatoms. The summed E-state index contributed by atoms with van der Waals surface area (Å²) in [5.74, 6) is 2.49. The van der Waals surface area contributed by atoms with Crippen LogP contribution in [0.1, 0.15) is 24.6 Å². The number of aromatic nitrogens is 1. The maximum Gasteiger partial charge on any atom is 0.193 e. The summed E-state index contributed by atoms with van der Waals surface area (Å²) in [6, 6.07) is 10.3. The van der Waals surface area contributed by atoms with Crippen LogP contribution in [0.25, 0.3) is 0 Å². The highest BCUT2D eigenvalue weighted by atomic mass is 127. The molecule has 1 aromatic heterocycles. The van der Waals surface area contributed by atoms with E-state index in [-0.39, 0.29) is 24.0 Å². The Bertz CT molecular complexity index is 746. The van der Waals surface area contributed by atoms with Crippen molar-refractivity contribution in [3.05, 3.63) is 47.8 Å². The Labute approximate surface area is 185 Å². The highest BCUT2D eigenvalue weighted by Crippen LogP contribution is 2.28. The molecule has 0 saturated carbocycles. The summed E-state index contributed by atoms with van der Waals surface area (Å²) in [5, 5.41) is 3.44. The summed E-state index contributed by atoms with van der Waals surface area (Å²) in [4.78, 5) is 6.52. The van der Waals surface area contributed by atoms with Crippen molar-refractivity contribution in [2.45, 2.75) is 26.3 Å². The largest absolute Gasteiger partial charge is 0.493 e. The first-order valence-corrected chi connectivity index (χ1v) is 9.40. The molecule has 2 aromatic rings. The second-order valence-electron chi connectivity index (χ2n) is 6.46. The van der Waals surface area contributed by atoms with Gasteiger partial charge in [-0.15, -0.1) is 24.0 Å².